The number of hydrogen-bond acceptors (Lipinski definition) is 3. The highest BCUT2D eigenvalue weighted by atomic mass is 16.3. The molecular weight excluding hydrogens is 130 g/mol. The molecule has 1 heterocycles. The van der Waals surface area contributed by atoms with Gasteiger partial charge in [-0.05, 0) is 0 Å². The van der Waals surface area contributed by atoms with Gasteiger partial charge in [0.05, 0.1) is 0 Å². The molecule has 1 fully saturated rings. The average Bonchev–Trinajstić information content (AvgIpc) is 1.81. The van der Waals surface area contributed by atoms with Gasteiger partial charge in [0.1, 0.15) is 5.60 Å². The van der Waals surface area contributed by atoms with Crippen molar-refractivity contribution < 1.29 is 9.90 Å². The molecule has 2 N–H and O–H groups in total. The summed E-state index contributed by atoms with van der Waals surface area (Å²) in [6.07, 6.45) is 0. The first-order chi connectivity index (χ1) is 4.56. The molecule has 0 aliphatic carbocycles. The van der Waals surface area contributed by atoms with E-state index >= 15 is 0 Å². The molecule has 10 heavy (non-hydrogen) atoms. The zero-order chi connectivity index (χ0) is 7.78. The number of rotatable bonds is 2. The summed E-state index contributed by atoms with van der Waals surface area (Å²) >= 11 is 0. The van der Waals surface area contributed by atoms with Gasteiger partial charge in [0.15, 0.2) is 5.78 Å². The van der Waals surface area contributed by atoms with E-state index in [9.17, 15) is 9.90 Å². The van der Waals surface area contributed by atoms with Gasteiger partial charge < -0.3 is 10.4 Å². The van der Waals surface area contributed by atoms with Gasteiger partial charge in [0, 0.05) is 19.0 Å². The molecule has 3 nitrogen and oxygen atoms in total. The normalized spacial score (nSPS) is 22.4. The predicted octanol–water partition coefficient (Wildman–Crippen LogP) is -0.454. The van der Waals surface area contributed by atoms with Crippen LogP contribution in [-0.4, -0.2) is 29.6 Å². The van der Waals surface area contributed by atoms with Crippen molar-refractivity contribution in [1.29, 1.82) is 0 Å². The number of nitrogens with one attached hydrogen (secondary N) is 1. The highest BCUT2D eigenvalue weighted by Gasteiger charge is 2.42. The van der Waals surface area contributed by atoms with Crippen LogP contribution in [0.3, 0.4) is 0 Å². The molecule has 58 valence electrons. The summed E-state index contributed by atoms with van der Waals surface area (Å²) in [6, 6.07) is 0. The maximum absolute atomic E-state index is 11.2. The van der Waals surface area contributed by atoms with Gasteiger partial charge in [0.2, 0.25) is 0 Å². The number of carbonyl (C=O) groups excluding carboxylic acids is 1. The van der Waals surface area contributed by atoms with Crippen molar-refractivity contribution in [2.24, 2.45) is 5.92 Å². The fraction of sp³-hybridized carbons (Fsp3) is 0.857. The zero-order valence-electron chi connectivity index (χ0n) is 6.35. The van der Waals surface area contributed by atoms with Crippen molar-refractivity contribution in [2.45, 2.75) is 19.4 Å². The van der Waals surface area contributed by atoms with Gasteiger partial charge >= 0.3 is 0 Å². The second kappa shape index (κ2) is 2.32. The van der Waals surface area contributed by atoms with Crippen LogP contribution in [0.2, 0.25) is 0 Å². The molecule has 0 radical (unpaired) electrons. The number of ketones is 1. The van der Waals surface area contributed by atoms with Gasteiger partial charge in [0.25, 0.3) is 0 Å². The van der Waals surface area contributed by atoms with Gasteiger partial charge in [-0.15, -0.1) is 0 Å². The van der Waals surface area contributed by atoms with E-state index in [-0.39, 0.29) is 11.7 Å². The van der Waals surface area contributed by atoms with E-state index < -0.39 is 5.60 Å². The Morgan fingerprint density at radius 2 is 2.10 bits per heavy atom. The maximum atomic E-state index is 11.2. The molecule has 3 heteroatoms. The van der Waals surface area contributed by atoms with Crippen LogP contribution in [0.4, 0.5) is 0 Å². The van der Waals surface area contributed by atoms with Crippen molar-refractivity contribution in [1.82, 2.24) is 5.32 Å². The fourth-order valence-corrected chi connectivity index (χ4v) is 1.07. The fourth-order valence-electron chi connectivity index (χ4n) is 1.07. The minimum absolute atomic E-state index is 0.0498. The number of aliphatic hydroxyl groups is 1. The van der Waals surface area contributed by atoms with Crippen LogP contribution in [0.1, 0.15) is 13.8 Å². The van der Waals surface area contributed by atoms with Crippen molar-refractivity contribution in [2.75, 3.05) is 13.1 Å². The molecule has 1 aliphatic heterocycles. The zero-order valence-corrected chi connectivity index (χ0v) is 6.35. The van der Waals surface area contributed by atoms with Crippen LogP contribution in [0, 0.1) is 5.92 Å². The number of β-amino-alcohol motifs (C(OH)–C–C–N with tert-alkyl or cyclic N) is 1. The summed E-state index contributed by atoms with van der Waals surface area (Å²) in [4.78, 5) is 11.2. The van der Waals surface area contributed by atoms with Gasteiger partial charge in [-0.1, -0.05) is 13.8 Å². The lowest BCUT2D eigenvalue weighted by molar-refractivity contribution is -0.145. The monoisotopic (exact) mass is 143 g/mol. The summed E-state index contributed by atoms with van der Waals surface area (Å²) in [5, 5.41) is 12.3. The Hall–Kier alpha value is -0.410. The topological polar surface area (TPSA) is 49.3 Å². The van der Waals surface area contributed by atoms with E-state index in [0.717, 1.165) is 0 Å². The van der Waals surface area contributed by atoms with Gasteiger partial charge in [-0.3, -0.25) is 4.79 Å². The summed E-state index contributed by atoms with van der Waals surface area (Å²) in [5.41, 5.74) is -1.05. The van der Waals surface area contributed by atoms with Crippen molar-refractivity contribution in [3.05, 3.63) is 0 Å². The first-order valence-electron chi connectivity index (χ1n) is 3.54. The largest absolute Gasteiger partial charge is 0.379 e. The van der Waals surface area contributed by atoms with Crippen molar-refractivity contribution in [3.8, 4) is 0 Å². The number of Topliss-reactive ketones (excluding diaryl/α,β-unsaturated/α-hetero) is 1. The minimum Gasteiger partial charge on any atom is -0.379 e. The second-order valence-electron chi connectivity index (χ2n) is 3.15. The third-order valence-corrected chi connectivity index (χ3v) is 1.82. The molecule has 0 unspecified atom stereocenters. The quantitative estimate of drug-likeness (QED) is 0.550. The van der Waals surface area contributed by atoms with Gasteiger partial charge in [-0.25, -0.2) is 0 Å². The highest BCUT2D eigenvalue weighted by Crippen LogP contribution is 2.16. The molecular formula is C7H13NO2. The van der Waals surface area contributed by atoms with Crippen LogP contribution in [0.5, 0.6) is 0 Å². The smallest absolute Gasteiger partial charge is 0.169 e. The van der Waals surface area contributed by atoms with Crippen molar-refractivity contribution in [3.63, 3.8) is 0 Å². The minimum atomic E-state index is -1.05. The van der Waals surface area contributed by atoms with Crippen LogP contribution in [0.15, 0.2) is 0 Å². The molecule has 1 rings (SSSR count). The summed E-state index contributed by atoms with van der Waals surface area (Å²) in [6.45, 7) is 4.45. The SMILES string of the molecule is CC(C)C(=O)C1(O)CNC1. The Labute approximate surface area is 60.4 Å². The van der Waals surface area contributed by atoms with Crippen LogP contribution in [-0.2, 0) is 4.79 Å². The van der Waals surface area contributed by atoms with Gasteiger partial charge in [-0.2, -0.15) is 0 Å². The molecule has 0 aromatic heterocycles. The van der Waals surface area contributed by atoms with E-state index in [1.54, 1.807) is 13.8 Å². The average molecular weight is 143 g/mol. The summed E-state index contributed by atoms with van der Waals surface area (Å²) in [7, 11) is 0. The van der Waals surface area contributed by atoms with Crippen LogP contribution < -0.4 is 5.32 Å². The second-order valence-corrected chi connectivity index (χ2v) is 3.15. The lowest BCUT2D eigenvalue weighted by atomic mass is 9.86. The third-order valence-electron chi connectivity index (χ3n) is 1.82. The molecule has 0 amide bonds. The van der Waals surface area contributed by atoms with E-state index in [2.05, 4.69) is 5.32 Å². The Bertz CT molecular complexity index is 150. The van der Waals surface area contributed by atoms with E-state index in [1.807, 2.05) is 0 Å². The summed E-state index contributed by atoms with van der Waals surface area (Å²) < 4.78 is 0. The Balaban J connectivity index is 2.55. The molecule has 0 aromatic rings. The molecule has 0 spiro atoms. The Morgan fingerprint density at radius 3 is 2.20 bits per heavy atom. The molecule has 0 bridgehead atoms. The molecule has 1 aliphatic rings. The predicted molar refractivity (Wildman–Crippen MR) is 37.7 cm³/mol. The molecule has 0 atom stereocenters. The number of hydrogen-bond donors (Lipinski definition) is 2. The third kappa shape index (κ3) is 1.07. The Kier molecular flexibility index (Phi) is 1.79. The van der Waals surface area contributed by atoms with E-state index in [1.165, 1.54) is 0 Å². The number of carbonyl (C=O) groups is 1. The first kappa shape index (κ1) is 7.69. The maximum Gasteiger partial charge on any atom is 0.169 e. The van der Waals surface area contributed by atoms with E-state index in [0.29, 0.717) is 13.1 Å². The lowest BCUT2D eigenvalue weighted by Crippen LogP contribution is -2.65. The standard InChI is InChI=1S/C7H13NO2/c1-5(2)6(9)7(10)3-8-4-7/h5,8,10H,3-4H2,1-2H3. The highest BCUT2D eigenvalue weighted by molar-refractivity contribution is 5.90. The van der Waals surface area contributed by atoms with Crippen LogP contribution >= 0.6 is 0 Å². The molecule has 0 saturated carbocycles. The Morgan fingerprint density at radius 1 is 1.60 bits per heavy atom. The van der Waals surface area contributed by atoms with Crippen molar-refractivity contribution >= 4 is 5.78 Å². The molecule has 1 saturated heterocycles. The first-order valence-corrected chi connectivity index (χ1v) is 3.54. The van der Waals surface area contributed by atoms with E-state index in [4.69, 9.17) is 0 Å². The lowest BCUT2D eigenvalue weighted by Gasteiger charge is -2.37. The van der Waals surface area contributed by atoms with Crippen LogP contribution in [0.25, 0.3) is 0 Å². The summed E-state index contributed by atoms with van der Waals surface area (Å²) in [5.74, 6) is -0.113. The molecule has 0 aromatic carbocycles.